The Balaban J connectivity index is 1.46. The van der Waals surface area contributed by atoms with Crippen LogP contribution in [-0.4, -0.2) is 36.3 Å². The molecule has 1 aromatic heterocycles. The molecular weight excluding hydrogens is 360 g/mol. The van der Waals surface area contributed by atoms with Crippen molar-refractivity contribution in [3.63, 3.8) is 0 Å². The van der Waals surface area contributed by atoms with Crippen molar-refractivity contribution in [1.29, 1.82) is 0 Å². The summed E-state index contributed by atoms with van der Waals surface area (Å²) in [4.78, 5) is 27.3. The first-order valence-corrected chi connectivity index (χ1v) is 9.20. The van der Waals surface area contributed by atoms with E-state index in [-0.39, 0.29) is 30.7 Å². The highest BCUT2D eigenvalue weighted by atomic mass is 32.1. The Hall–Kier alpha value is -2.32. The molecular formula is C18H19F2N3O2S. The minimum Gasteiger partial charge on any atom is -0.346 e. The molecule has 2 N–H and O–H groups in total. The van der Waals surface area contributed by atoms with Crippen LogP contribution in [0.1, 0.15) is 23.8 Å². The summed E-state index contributed by atoms with van der Waals surface area (Å²) in [6.45, 7) is 0.841. The summed E-state index contributed by atoms with van der Waals surface area (Å²) in [6, 6.07) is 7.40. The van der Waals surface area contributed by atoms with E-state index in [1.165, 1.54) is 10.9 Å². The molecule has 2 aromatic rings. The van der Waals surface area contributed by atoms with Crippen molar-refractivity contribution < 1.29 is 18.4 Å². The number of halogens is 2. The lowest BCUT2D eigenvalue weighted by Crippen LogP contribution is -2.40. The average molecular weight is 379 g/mol. The second-order valence-corrected chi connectivity index (χ2v) is 7.08. The van der Waals surface area contributed by atoms with Crippen LogP contribution in [0.4, 0.5) is 14.5 Å². The van der Waals surface area contributed by atoms with Gasteiger partial charge in [-0.3, -0.25) is 14.5 Å². The molecule has 0 radical (unpaired) electrons. The number of carbonyl (C=O) groups excluding carboxylic acids is 2. The molecule has 3 rings (SSSR count). The van der Waals surface area contributed by atoms with Crippen molar-refractivity contribution in [3.05, 3.63) is 52.2 Å². The van der Waals surface area contributed by atoms with Crippen LogP contribution in [0.25, 0.3) is 0 Å². The Labute approximate surface area is 154 Å². The number of carbonyl (C=O) groups is 2. The van der Waals surface area contributed by atoms with Gasteiger partial charge in [-0.05, 0) is 43.0 Å². The van der Waals surface area contributed by atoms with Gasteiger partial charge in [0.2, 0.25) is 11.8 Å². The van der Waals surface area contributed by atoms with Crippen molar-refractivity contribution in [2.75, 3.05) is 25.0 Å². The smallest absolute Gasteiger partial charge is 0.243 e. The lowest BCUT2D eigenvalue weighted by atomic mass is 10.2. The minimum absolute atomic E-state index is 0.139. The summed E-state index contributed by atoms with van der Waals surface area (Å²) >= 11 is 1.68. The standard InChI is InChI=1S/C18H19F2N3O2S/c19-13-6-5-12(9-14(13)20)22-17(24)10-21-18(25)11-23-7-1-3-15(23)16-4-2-8-26-16/h2,4-6,8-9,15H,1,3,7,10-11H2,(H,21,25)(H,22,24)/t15-/m1/s1. The van der Waals surface area contributed by atoms with E-state index < -0.39 is 17.5 Å². The molecule has 138 valence electrons. The van der Waals surface area contributed by atoms with E-state index in [2.05, 4.69) is 21.6 Å². The molecule has 1 atom stereocenters. The first-order valence-electron chi connectivity index (χ1n) is 8.32. The van der Waals surface area contributed by atoms with E-state index in [4.69, 9.17) is 0 Å². The lowest BCUT2D eigenvalue weighted by molar-refractivity contribution is -0.125. The zero-order valence-corrected chi connectivity index (χ0v) is 14.8. The van der Waals surface area contributed by atoms with E-state index in [1.54, 1.807) is 11.3 Å². The largest absolute Gasteiger partial charge is 0.346 e. The zero-order chi connectivity index (χ0) is 18.5. The molecule has 8 heteroatoms. The Morgan fingerprint density at radius 3 is 2.77 bits per heavy atom. The van der Waals surface area contributed by atoms with Crippen LogP contribution in [0.5, 0.6) is 0 Å². The Morgan fingerprint density at radius 2 is 2.04 bits per heavy atom. The van der Waals surface area contributed by atoms with Crippen LogP contribution in [0.15, 0.2) is 35.7 Å². The molecule has 0 saturated carbocycles. The number of anilines is 1. The average Bonchev–Trinajstić information content (AvgIpc) is 3.27. The number of nitrogens with zero attached hydrogens (tertiary/aromatic N) is 1. The number of likely N-dealkylation sites (tertiary alicyclic amines) is 1. The first-order chi connectivity index (χ1) is 12.5. The molecule has 0 spiro atoms. The van der Waals surface area contributed by atoms with Crippen LogP contribution in [0.3, 0.4) is 0 Å². The molecule has 0 unspecified atom stereocenters. The van der Waals surface area contributed by atoms with Crippen LogP contribution >= 0.6 is 11.3 Å². The highest BCUT2D eigenvalue weighted by Crippen LogP contribution is 2.33. The molecule has 5 nitrogen and oxygen atoms in total. The van der Waals surface area contributed by atoms with Crippen molar-refractivity contribution in [3.8, 4) is 0 Å². The molecule has 1 saturated heterocycles. The third-order valence-corrected chi connectivity index (χ3v) is 5.20. The SMILES string of the molecule is O=C(CN1CCC[C@@H]1c1cccs1)NCC(=O)Nc1ccc(F)c(F)c1. The van der Waals surface area contributed by atoms with Gasteiger partial charge < -0.3 is 10.6 Å². The fourth-order valence-corrected chi connectivity index (χ4v) is 3.91. The predicted molar refractivity (Wildman–Crippen MR) is 95.9 cm³/mol. The summed E-state index contributed by atoms with van der Waals surface area (Å²) in [6.07, 6.45) is 2.05. The molecule has 1 fully saturated rings. The first kappa shape index (κ1) is 18.5. The Morgan fingerprint density at radius 1 is 1.19 bits per heavy atom. The topological polar surface area (TPSA) is 61.4 Å². The van der Waals surface area contributed by atoms with Crippen LogP contribution in [0, 0.1) is 11.6 Å². The van der Waals surface area contributed by atoms with Crippen LogP contribution in [-0.2, 0) is 9.59 Å². The van der Waals surface area contributed by atoms with Gasteiger partial charge in [0.05, 0.1) is 13.1 Å². The van der Waals surface area contributed by atoms with Gasteiger partial charge in [0.15, 0.2) is 11.6 Å². The summed E-state index contributed by atoms with van der Waals surface area (Å²) in [5, 5.41) is 7.00. The van der Waals surface area contributed by atoms with E-state index >= 15 is 0 Å². The molecule has 1 aliphatic rings. The second-order valence-electron chi connectivity index (χ2n) is 6.10. The van der Waals surface area contributed by atoms with E-state index in [1.807, 2.05) is 11.4 Å². The van der Waals surface area contributed by atoms with E-state index in [0.717, 1.165) is 31.5 Å². The lowest BCUT2D eigenvalue weighted by Gasteiger charge is -2.22. The number of benzene rings is 1. The highest BCUT2D eigenvalue weighted by molar-refractivity contribution is 7.10. The van der Waals surface area contributed by atoms with Crippen molar-refractivity contribution >= 4 is 28.8 Å². The monoisotopic (exact) mass is 379 g/mol. The fourth-order valence-electron chi connectivity index (χ4n) is 3.02. The number of hydrogen-bond donors (Lipinski definition) is 2. The minimum atomic E-state index is -1.04. The molecule has 26 heavy (non-hydrogen) atoms. The third-order valence-electron chi connectivity index (χ3n) is 4.23. The third kappa shape index (κ3) is 4.64. The van der Waals surface area contributed by atoms with E-state index in [0.29, 0.717) is 0 Å². The molecule has 0 aliphatic carbocycles. The van der Waals surface area contributed by atoms with Crippen LogP contribution < -0.4 is 10.6 Å². The molecule has 1 aliphatic heterocycles. The quantitative estimate of drug-likeness (QED) is 0.811. The van der Waals surface area contributed by atoms with Gasteiger partial charge in [-0.15, -0.1) is 11.3 Å². The Bertz CT molecular complexity index is 783. The summed E-state index contributed by atoms with van der Waals surface area (Å²) in [7, 11) is 0. The van der Waals surface area contributed by atoms with Crippen molar-refractivity contribution in [2.24, 2.45) is 0 Å². The summed E-state index contributed by atoms with van der Waals surface area (Å²) in [5.74, 6) is -2.77. The summed E-state index contributed by atoms with van der Waals surface area (Å²) < 4.78 is 26.0. The maximum atomic E-state index is 13.1. The maximum Gasteiger partial charge on any atom is 0.243 e. The van der Waals surface area contributed by atoms with Gasteiger partial charge in [0.25, 0.3) is 0 Å². The van der Waals surface area contributed by atoms with E-state index in [9.17, 15) is 18.4 Å². The summed E-state index contributed by atoms with van der Waals surface area (Å²) in [5.41, 5.74) is 0.139. The van der Waals surface area contributed by atoms with Crippen molar-refractivity contribution in [1.82, 2.24) is 10.2 Å². The van der Waals surface area contributed by atoms with Gasteiger partial charge in [-0.25, -0.2) is 8.78 Å². The van der Waals surface area contributed by atoms with Gasteiger partial charge in [-0.1, -0.05) is 6.07 Å². The van der Waals surface area contributed by atoms with Gasteiger partial charge in [-0.2, -0.15) is 0 Å². The highest BCUT2D eigenvalue weighted by Gasteiger charge is 2.28. The van der Waals surface area contributed by atoms with Gasteiger partial charge >= 0.3 is 0 Å². The molecule has 2 amide bonds. The van der Waals surface area contributed by atoms with Gasteiger partial charge in [0, 0.05) is 22.7 Å². The number of nitrogens with one attached hydrogen (secondary N) is 2. The number of hydrogen-bond acceptors (Lipinski definition) is 4. The fraction of sp³-hybridized carbons (Fsp3) is 0.333. The van der Waals surface area contributed by atoms with Gasteiger partial charge in [0.1, 0.15) is 0 Å². The normalized spacial score (nSPS) is 17.2. The Kier molecular flexibility index (Phi) is 5.95. The molecule has 0 bridgehead atoms. The number of rotatable bonds is 6. The molecule has 2 heterocycles. The molecule has 1 aromatic carbocycles. The van der Waals surface area contributed by atoms with Crippen molar-refractivity contribution in [2.45, 2.75) is 18.9 Å². The zero-order valence-electron chi connectivity index (χ0n) is 14.0. The number of amides is 2. The maximum absolute atomic E-state index is 13.1. The number of thiophene rings is 1. The predicted octanol–water partition coefficient (Wildman–Crippen LogP) is 2.92. The second kappa shape index (κ2) is 8.37. The van der Waals surface area contributed by atoms with Crippen LogP contribution in [0.2, 0.25) is 0 Å².